The molecule has 1 rings (SSSR count). The Labute approximate surface area is 56.6 Å². The lowest BCUT2D eigenvalue weighted by Gasteiger charge is -2.09. The van der Waals surface area contributed by atoms with Crippen molar-refractivity contribution in [3.8, 4) is 0 Å². The maximum atomic E-state index is 12.5. The monoisotopic (exact) mass is 147 g/mol. The van der Waals surface area contributed by atoms with Crippen LogP contribution in [0.4, 0.5) is 8.78 Å². The molecule has 0 saturated heterocycles. The standard InChI is InChI=1S/C6H7F2NO/c7-6(8,4-9)5-1-2-10-3-5/h1-3H,4,9H2. The summed E-state index contributed by atoms with van der Waals surface area (Å²) in [5, 5.41) is 0. The Kier molecular flexibility index (Phi) is 1.72. The van der Waals surface area contributed by atoms with Gasteiger partial charge in [0.2, 0.25) is 0 Å². The first-order valence-corrected chi connectivity index (χ1v) is 2.77. The Morgan fingerprint density at radius 1 is 1.60 bits per heavy atom. The van der Waals surface area contributed by atoms with Gasteiger partial charge in [0, 0.05) is 0 Å². The summed E-state index contributed by atoms with van der Waals surface area (Å²) in [5.41, 5.74) is 4.63. The fourth-order valence-electron chi connectivity index (χ4n) is 0.590. The van der Waals surface area contributed by atoms with Crippen LogP contribution in [0.15, 0.2) is 23.0 Å². The summed E-state index contributed by atoms with van der Waals surface area (Å²) < 4.78 is 29.5. The van der Waals surface area contributed by atoms with Crippen molar-refractivity contribution in [2.24, 2.45) is 5.73 Å². The third-order valence-corrected chi connectivity index (χ3v) is 1.20. The minimum atomic E-state index is -2.95. The molecule has 2 N–H and O–H groups in total. The van der Waals surface area contributed by atoms with Gasteiger partial charge in [-0.3, -0.25) is 0 Å². The van der Waals surface area contributed by atoms with Crippen LogP contribution in [0.2, 0.25) is 0 Å². The molecule has 0 saturated carbocycles. The Morgan fingerprint density at radius 2 is 2.30 bits per heavy atom. The average Bonchev–Trinajstić information content (AvgIpc) is 2.38. The highest BCUT2D eigenvalue weighted by molar-refractivity contribution is 5.12. The number of rotatable bonds is 2. The van der Waals surface area contributed by atoms with Crippen molar-refractivity contribution in [1.82, 2.24) is 0 Å². The topological polar surface area (TPSA) is 39.2 Å². The summed E-state index contributed by atoms with van der Waals surface area (Å²) in [6.07, 6.45) is 2.19. The maximum Gasteiger partial charge on any atom is 0.288 e. The Balaban J connectivity index is 2.85. The lowest BCUT2D eigenvalue weighted by Crippen LogP contribution is -2.24. The largest absolute Gasteiger partial charge is 0.472 e. The average molecular weight is 147 g/mol. The van der Waals surface area contributed by atoms with E-state index in [0.29, 0.717) is 0 Å². The zero-order chi connectivity index (χ0) is 7.61. The van der Waals surface area contributed by atoms with Crippen LogP contribution in [0.1, 0.15) is 5.56 Å². The minimum Gasteiger partial charge on any atom is -0.472 e. The number of furan rings is 1. The van der Waals surface area contributed by atoms with Gasteiger partial charge in [-0.15, -0.1) is 0 Å². The molecule has 0 aliphatic carbocycles. The van der Waals surface area contributed by atoms with Crippen LogP contribution >= 0.6 is 0 Å². The van der Waals surface area contributed by atoms with Crippen LogP contribution in [-0.2, 0) is 5.92 Å². The number of nitrogens with two attached hydrogens (primary N) is 1. The van der Waals surface area contributed by atoms with Gasteiger partial charge in [-0.2, -0.15) is 8.78 Å². The lowest BCUT2D eigenvalue weighted by molar-refractivity contribution is 0.00540. The van der Waals surface area contributed by atoms with Crippen molar-refractivity contribution in [3.63, 3.8) is 0 Å². The molecule has 56 valence electrons. The Hall–Kier alpha value is -0.900. The molecule has 0 atom stereocenters. The Morgan fingerprint density at radius 3 is 2.70 bits per heavy atom. The van der Waals surface area contributed by atoms with E-state index in [9.17, 15) is 8.78 Å². The van der Waals surface area contributed by atoms with Gasteiger partial charge in [0.1, 0.15) is 0 Å². The fraction of sp³-hybridized carbons (Fsp3) is 0.333. The second-order valence-electron chi connectivity index (χ2n) is 1.92. The van der Waals surface area contributed by atoms with Gasteiger partial charge in [-0.05, 0) is 6.07 Å². The third kappa shape index (κ3) is 1.16. The van der Waals surface area contributed by atoms with Crippen LogP contribution in [0.5, 0.6) is 0 Å². The van der Waals surface area contributed by atoms with Crippen molar-refractivity contribution in [1.29, 1.82) is 0 Å². The van der Waals surface area contributed by atoms with Gasteiger partial charge in [0.25, 0.3) is 5.92 Å². The zero-order valence-corrected chi connectivity index (χ0v) is 5.18. The van der Waals surface area contributed by atoms with E-state index in [-0.39, 0.29) is 5.56 Å². The van der Waals surface area contributed by atoms with Crippen molar-refractivity contribution in [2.45, 2.75) is 5.92 Å². The molecular weight excluding hydrogens is 140 g/mol. The smallest absolute Gasteiger partial charge is 0.288 e. The summed E-state index contributed by atoms with van der Waals surface area (Å²) in [7, 11) is 0. The predicted octanol–water partition coefficient (Wildman–Crippen LogP) is 1.33. The molecule has 0 amide bonds. The normalized spacial score (nSPS) is 11.9. The number of halogens is 2. The van der Waals surface area contributed by atoms with Crippen molar-refractivity contribution in [3.05, 3.63) is 24.2 Å². The summed E-state index contributed by atoms with van der Waals surface area (Å²) in [6, 6.07) is 1.20. The van der Waals surface area contributed by atoms with Crippen LogP contribution in [0.25, 0.3) is 0 Å². The highest BCUT2D eigenvalue weighted by atomic mass is 19.3. The Bertz CT molecular complexity index is 196. The molecule has 0 aliphatic rings. The van der Waals surface area contributed by atoms with Crippen LogP contribution in [0.3, 0.4) is 0 Å². The molecule has 0 aliphatic heterocycles. The first-order chi connectivity index (χ1) is 4.67. The van der Waals surface area contributed by atoms with Gasteiger partial charge in [-0.1, -0.05) is 0 Å². The van der Waals surface area contributed by atoms with Crippen molar-refractivity contribution < 1.29 is 13.2 Å². The summed E-state index contributed by atoms with van der Waals surface area (Å²) >= 11 is 0. The minimum absolute atomic E-state index is 0.171. The molecule has 0 bridgehead atoms. The fourth-order valence-corrected chi connectivity index (χ4v) is 0.590. The highest BCUT2D eigenvalue weighted by Gasteiger charge is 2.30. The van der Waals surface area contributed by atoms with E-state index in [4.69, 9.17) is 5.73 Å². The summed E-state index contributed by atoms with van der Waals surface area (Å²) in [6.45, 7) is -0.688. The van der Waals surface area contributed by atoms with Crippen LogP contribution < -0.4 is 5.73 Å². The van der Waals surface area contributed by atoms with E-state index in [1.807, 2.05) is 0 Å². The molecule has 0 fully saturated rings. The maximum absolute atomic E-state index is 12.5. The van der Waals surface area contributed by atoms with Gasteiger partial charge in [0.05, 0.1) is 24.6 Å². The SMILES string of the molecule is NCC(F)(F)c1ccoc1. The molecule has 2 nitrogen and oxygen atoms in total. The molecule has 0 radical (unpaired) electrons. The quantitative estimate of drug-likeness (QED) is 0.685. The molecule has 4 heteroatoms. The van der Waals surface area contributed by atoms with Gasteiger partial charge < -0.3 is 10.2 Å². The van der Waals surface area contributed by atoms with Gasteiger partial charge >= 0.3 is 0 Å². The van der Waals surface area contributed by atoms with Gasteiger partial charge in [0.15, 0.2) is 0 Å². The molecule has 10 heavy (non-hydrogen) atoms. The zero-order valence-electron chi connectivity index (χ0n) is 5.18. The van der Waals surface area contributed by atoms with E-state index in [2.05, 4.69) is 4.42 Å². The third-order valence-electron chi connectivity index (χ3n) is 1.20. The molecule has 0 unspecified atom stereocenters. The second kappa shape index (κ2) is 2.38. The molecule has 1 aromatic heterocycles. The van der Waals surface area contributed by atoms with E-state index in [1.165, 1.54) is 12.3 Å². The number of alkyl halides is 2. The van der Waals surface area contributed by atoms with E-state index >= 15 is 0 Å². The lowest BCUT2D eigenvalue weighted by atomic mass is 10.2. The van der Waals surface area contributed by atoms with Crippen LogP contribution in [-0.4, -0.2) is 6.54 Å². The van der Waals surface area contributed by atoms with E-state index in [0.717, 1.165) is 6.26 Å². The number of hydrogen-bond donors (Lipinski definition) is 1. The molecular formula is C6H7F2NO. The molecule has 0 aromatic carbocycles. The first-order valence-electron chi connectivity index (χ1n) is 2.77. The number of hydrogen-bond acceptors (Lipinski definition) is 2. The summed E-state index contributed by atoms with van der Waals surface area (Å²) in [5.74, 6) is -2.95. The summed E-state index contributed by atoms with van der Waals surface area (Å²) in [4.78, 5) is 0. The van der Waals surface area contributed by atoms with Crippen molar-refractivity contribution in [2.75, 3.05) is 6.54 Å². The van der Waals surface area contributed by atoms with Gasteiger partial charge in [-0.25, -0.2) is 0 Å². The van der Waals surface area contributed by atoms with E-state index in [1.54, 1.807) is 0 Å². The first kappa shape index (κ1) is 7.21. The highest BCUT2D eigenvalue weighted by Crippen LogP contribution is 2.26. The molecule has 1 aromatic rings. The second-order valence-corrected chi connectivity index (χ2v) is 1.92. The van der Waals surface area contributed by atoms with Crippen molar-refractivity contribution >= 4 is 0 Å². The molecule has 0 spiro atoms. The molecule has 1 heterocycles. The predicted molar refractivity (Wildman–Crippen MR) is 31.7 cm³/mol. The van der Waals surface area contributed by atoms with Crippen LogP contribution in [0, 0.1) is 0 Å². The van der Waals surface area contributed by atoms with E-state index < -0.39 is 12.5 Å².